The molecule has 102 valence electrons. The van der Waals surface area contributed by atoms with E-state index in [0.29, 0.717) is 12.6 Å². The molecule has 0 fully saturated rings. The number of nitrogens with one attached hydrogen (secondary N) is 1. The normalized spacial score (nSPS) is 12.6. The topological polar surface area (TPSA) is 47.0 Å². The van der Waals surface area contributed by atoms with Gasteiger partial charge in [0.1, 0.15) is 6.10 Å². The van der Waals surface area contributed by atoms with Crippen molar-refractivity contribution in [3.8, 4) is 0 Å². The summed E-state index contributed by atoms with van der Waals surface area (Å²) in [7, 11) is 0. The van der Waals surface area contributed by atoms with Gasteiger partial charge in [-0.25, -0.2) is 4.98 Å². The van der Waals surface area contributed by atoms with Crippen molar-refractivity contribution in [2.75, 3.05) is 11.9 Å². The standard InChI is InChI=1S/C14H19N3OS/c1-4-18-12(11-8-6-5-7-9-11)13-16-14(19-17-13)15-10(2)3/h5-10,12H,4H2,1-3H3,(H,15,16,17). The Kier molecular flexibility index (Phi) is 4.87. The van der Waals surface area contributed by atoms with E-state index in [0.717, 1.165) is 16.5 Å². The van der Waals surface area contributed by atoms with E-state index in [1.165, 1.54) is 11.5 Å². The summed E-state index contributed by atoms with van der Waals surface area (Å²) in [5.41, 5.74) is 1.08. The third-order valence-electron chi connectivity index (χ3n) is 2.52. The maximum atomic E-state index is 5.79. The third-order valence-corrected chi connectivity index (χ3v) is 3.18. The first-order valence-corrected chi connectivity index (χ1v) is 7.24. The van der Waals surface area contributed by atoms with Gasteiger partial charge in [0.15, 0.2) is 5.82 Å². The van der Waals surface area contributed by atoms with Gasteiger partial charge >= 0.3 is 0 Å². The van der Waals surface area contributed by atoms with Crippen LogP contribution in [0.5, 0.6) is 0 Å². The molecule has 0 spiro atoms. The number of benzene rings is 1. The third kappa shape index (κ3) is 3.75. The van der Waals surface area contributed by atoms with E-state index < -0.39 is 0 Å². The number of anilines is 1. The molecule has 1 atom stereocenters. The fourth-order valence-electron chi connectivity index (χ4n) is 1.76. The van der Waals surface area contributed by atoms with E-state index in [4.69, 9.17) is 4.74 Å². The molecule has 1 aromatic carbocycles. The lowest BCUT2D eigenvalue weighted by Gasteiger charge is -2.14. The predicted molar refractivity (Wildman–Crippen MR) is 78.6 cm³/mol. The fraction of sp³-hybridized carbons (Fsp3) is 0.429. The van der Waals surface area contributed by atoms with Crippen LogP contribution in [0.1, 0.15) is 38.3 Å². The second kappa shape index (κ2) is 6.63. The van der Waals surface area contributed by atoms with Gasteiger partial charge in [0.05, 0.1) is 0 Å². The van der Waals surface area contributed by atoms with Gasteiger partial charge in [0, 0.05) is 24.2 Å². The molecule has 0 bridgehead atoms. The van der Waals surface area contributed by atoms with Crippen molar-refractivity contribution in [2.24, 2.45) is 0 Å². The Balaban J connectivity index is 2.22. The quantitative estimate of drug-likeness (QED) is 0.878. The van der Waals surface area contributed by atoms with Crippen LogP contribution in [-0.4, -0.2) is 22.0 Å². The summed E-state index contributed by atoms with van der Waals surface area (Å²) < 4.78 is 10.2. The number of rotatable bonds is 6. The van der Waals surface area contributed by atoms with E-state index in [9.17, 15) is 0 Å². The van der Waals surface area contributed by atoms with Crippen LogP contribution < -0.4 is 5.32 Å². The Bertz CT molecular complexity index is 498. The number of hydrogen-bond donors (Lipinski definition) is 1. The number of nitrogens with zero attached hydrogens (tertiary/aromatic N) is 2. The van der Waals surface area contributed by atoms with Crippen molar-refractivity contribution in [3.63, 3.8) is 0 Å². The zero-order chi connectivity index (χ0) is 13.7. The van der Waals surface area contributed by atoms with Crippen molar-refractivity contribution in [1.82, 2.24) is 9.36 Å². The molecule has 5 heteroatoms. The summed E-state index contributed by atoms with van der Waals surface area (Å²) in [5.74, 6) is 0.723. The van der Waals surface area contributed by atoms with Crippen LogP contribution in [0.4, 0.5) is 5.13 Å². The highest BCUT2D eigenvalue weighted by Crippen LogP contribution is 2.26. The molecular formula is C14H19N3OS. The van der Waals surface area contributed by atoms with Crippen molar-refractivity contribution in [3.05, 3.63) is 41.7 Å². The average Bonchev–Trinajstić information content (AvgIpc) is 2.84. The molecule has 2 aromatic rings. The van der Waals surface area contributed by atoms with Gasteiger partial charge in [-0.15, -0.1) is 0 Å². The molecule has 1 heterocycles. The minimum Gasteiger partial charge on any atom is -0.366 e. The van der Waals surface area contributed by atoms with Crippen molar-refractivity contribution >= 4 is 16.7 Å². The zero-order valence-corrected chi connectivity index (χ0v) is 12.3. The second-order valence-corrected chi connectivity index (χ2v) is 5.25. The van der Waals surface area contributed by atoms with Gasteiger partial charge in [0.25, 0.3) is 0 Å². The molecule has 0 saturated heterocycles. The molecule has 19 heavy (non-hydrogen) atoms. The van der Waals surface area contributed by atoms with Crippen LogP contribution in [0.3, 0.4) is 0 Å². The largest absolute Gasteiger partial charge is 0.366 e. The van der Waals surface area contributed by atoms with Gasteiger partial charge in [0.2, 0.25) is 5.13 Å². The Morgan fingerprint density at radius 1 is 1.26 bits per heavy atom. The lowest BCUT2D eigenvalue weighted by atomic mass is 10.1. The summed E-state index contributed by atoms with van der Waals surface area (Å²) in [6.45, 7) is 6.78. The van der Waals surface area contributed by atoms with Crippen LogP contribution >= 0.6 is 11.5 Å². The molecule has 0 aliphatic carbocycles. The molecule has 0 saturated carbocycles. The summed E-state index contributed by atoms with van der Waals surface area (Å²) in [4.78, 5) is 4.52. The lowest BCUT2D eigenvalue weighted by molar-refractivity contribution is 0.0860. The molecule has 0 aliphatic heterocycles. The van der Waals surface area contributed by atoms with Gasteiger partial charge in [-0.1, -0.05) is 30.3 Å². The van der Waals surface area contributed by atoms with Crippen molar-refractivity contribution in [1.29, 1.82) is 0 Å². The molecule has 1 N–H and O–H groups in total. The first-order valence-electron chi connectivity index (χ1n) is 6.47. The van der Waals surface area contributed by atoms with Gasteiger partial charge < -0.3 is 10.1 Å². The van der Waals surface area contributed by atoms with Gasteiger partial charge in [-0.2, -0.15) is 4.37 Å². The smallest absolute Gasteiger partial charge is 0.202 e. The molecular weight excluding hydrogens is 258 g/mol. The Hall–Kier alpha value is -1.46. The maximum Gasteiger partial charge on any atom is 0.202 e. The van der Waals surface area contributed by atoms with E-state index in [-0.39, 0.29) is 6.10 Å². The first-order chi connectivity index (χ1) is 9.20. The first kappa shape index (κ1) is 14.0. The number of aromatic nitrogens is 2. The Morgan fingerprint density at radius 3 is 2.63 bits per heavy atom. The van der Waals surface area contributed by atoms with Crippen LogP contribution in [0.2, 0.25) is 0 Å². The monoisotopic (exact) mass is 277 g/mol. The molecule has 0 radical (unpaired) electrons. The van der Waals surface area contributed by atoms with Crippen molar-refractivity contribution < 1.29 is 4.74 Å². The zero-order valence-electron chi connectivity index (χ0n) is 11.5. The molecule has 2 rings (SSSR count). The Labute approximate surface area is 118 Å². The SMILES string of the molecule is CCOC(c1ccccc1)c1nsc(NC(C)C)n1. The molecule has 0 aliphatic rings. The van der Waals surface area contributed by atoms with Crippen LogP contribution in [0, 0.1) is 0 Å². The molecule has 0 amide bonds. The van der Waals surface area contributed by atoms with E-state index >= 15 is 0 Å². The number of ether oxygens (including phenoxy) is 1. The predicted octanol–water partition coefficient (Wildman–Crippen LogP) is 3.48. The minimum atomic E-state index is -0.190. The molecule has 4 nitrogen and oxygen atoms in total. The fourth-order valence-corrected chi connectivity index (χ4v) is 2.50. The highest BCUT2D eigenvalue weighted by molar-refractivity contribution is 7.09. The highest BCUT2D eigenvalue weighted by Gasteiger charge is 2.19. The summed E-state index contributed by atoms with van der Waals surface area (Å²) >= 11 is 1.37. The van der Waals surface area contributed by atoms with Gasteiger partial charge in [-0.05, 0) is 26.3 Å². The number of hydrogen-bond acceptors (Lipinski definition) is 5. The summed E-state index contributed by atoms with van der Waals surface area (Å²) in [6.07, 6.45) is -0.190. The second-order valence-electron chi connectivity index (χ2n) is 4.50. The van der Waals surface area contributed by atoms with Crippen LogP contribution in [0.15, 0.2) is 30.3 Å². The van der Waals surface area contributed by atoms with Crippen LogP contribution in [0.25, 0.3) is 0 Å². The molecule has 1 unspecified atom stereocenters. The van der Waals surface area contributed by atoms with Crippen LogP contribution in [-0.2, 0) is 4.74 Å². The molecule has 1 aromatic heterocycles. The summed E-state index contributed by atoms with van der Waals surface area (Å²) in [5, 5.41) is 4.10. The van der Waals surface area contributed by atoms with E-state index in [1.807, 2.05) is 37.3 Å². The maximum absolute atomic E-state index is 5.79. The minimum absolute atomic E-state index is 0.190. The summed E-state index contributed by atoms with van der Waals surface area (Å²) in [6, 6.07) is 10.4. The highest BCUT2D eigenvalue weighted by atomic mass is 32.1. The Morgan fingerprint density at radius 2 is 2.00 bits per heavy atom. The lowest BCUT2D eigenvalue weighted by Crippen LogP contribution is -2.11. The van der Waals surface area contributed by atoms with E-state index in [2.05, 4.69) is 28.5 Å². The van der Waals surface area contributed by atoms with Crippen molar-refractivity contribution in [2.45, 2.75) is 32.9 Å². The average molecular weight is 277 g/mol. The van der Waals surface area contributed by atoms with E-state index in [1.54, 1.807) is 0 Å². The van der Waals surface area contributed by atoms with Gasteiger partial charge in [-0.3, -0.25) is 0 Å².